The quantitative estimate of drug-likeness (QED) is 0.574. The highest BCUT2D eigenvalue weighted by Crippen LogP contribution is 2.33. The second-order valence-corrected chi connectivity index (χ2v) is 7.28. The standard InChI is InChI=1S/C22H20N4O2/c1-13-25-18-5-4-15(8-20(18)26-13)16-9-19-17(3-2-6-23-19)21(10-16)28-12-14-7-22(27)24-11-14/h2-6,8-10,14H,7,11-12H2,1H3,(H,24,27)(H,25,26). The molecule has 0 saturated carbocycles. The average molecular weight is 372 g/mol. The zero-order valence-corrected chi connectivity index (χ0v) is 15.5. The van der Waals surface area contributed by atoms with E-state index >= 15 is 0 Å². The van der Waals surface area contributed by atoms with Crippen molar-refractivity contribution in [3.8, 4) is 16.9 Å². The van der Waals surface area contributed by atoms with Gasteiger partial charge in [0.25, 0.3) is 0 Å². The van der Waals surface area contributed by atoms with Crippen LogP contribution in [0.2, 0.25) is 0 Å². The molecule has 1 fully saturated rings. The van der Waals surface area contributed by atoms with E-state index in [9.17, 15) is 4.79 Å². The molecule has 2 N–H and O–H groups in total. The van der Waals surface area contributed by atoms with Gasteiger partial charge in [0, 0.05) is 30.5 Å². The van der Waals surface area contributed by atoms with Crippen molar-refractivity contribution in [2.24, 2.45) is 5.92 Å². The van der Waals surface area contributed by atoms with Crippen molar-refractivity contribution in [2.45, 2.75) is 13.3 Å². The van der Waals surface area contributed by atoms with E-state index in [1.165, 1.54) is 0 Å². The van der Waals surface area contributed by atoms with E-state index in [1.807, 2.05) is 25.1 Å². The molecule has 1 saturated heterocycles. The van der Waals surface area contributed by atoms with E-state index in [4.69, 9.17) is 4.74 Å². The summed E-state index contributed by atoms with van der Waals surface area (Å²) >= 11 is 0. The fourth-order valence-corrected chi connectivity index (χ4v) is 3.74. The van der Waals surface area contributed by atoms with Crippen molar-refractivity contribution < 1.29 is 9.53 Å². The maximum atomic E-state index is 11.4. The molecule has 2 aromatic heterocycles. The molecule has 1 atom stereocenters. The van der Waals surface area contributed by atoms with E-state index in [-0.39, 0.29) is 11.8 Å². The number of nitrogens with zero attached hydrogens (tertiary/aromatic N) is 2. The van der Waals surface area contributed by atoms with Gasteiger partial charge in [0.1, 0.15) is 11.6 Å². The second kappa shape index (κ2) is 6.64. The molecule has 140 valence electrons. The van der Waals surface area contributed by atoms with Crippen LogP contribution in [0, 0.1) is 12.8 Å². The van der Waals surface area contributed by atoms with Crippen LogP contribution in [-0.2, 0) is 4.79 Å². The number of hydrogen-bond acceptors (Lipinski definition) is 4. The lowest BCUT2D eigenvalue weighted by Gasteiger charge is -2.14. The van der Waals surface area contributed by atoms with E-state index in [0.717, 1.165) is 44.6 Å². The summed E-state index contributed by atoms with van der Waals surface area (Å²) in [6, 6.07) is 14.2. The number of ether oxygens (including phenoxy) is 1. The van der Waals surface area contributed by atoms with Gasteiger partial charge in [-0.3, -0.25) is 9.78 Å². The van der Waals surface area contributed by atoms with Crippen molar-refractivity contribution in [3.05, 3.63) is 54.5 Å². The topological polar surface area (TPSA) is 79.9 Å². The lowest BCUT2D eigenvalue weighted by Crippen LogP contribution is -2.16. The molecule has 2 aromatic carbocycles. The first-order valence-electron chi connectivity index (χ1n) is 9.41. The number of benzene rings is 2. The number of nitrogens with one attached hydrogen (secondary N) is 2. The monoisotopic (exact) mass is 372 g/mol. The van der Waals surface area contributed by atoms with E-state index in [1.54, 1.807) is 6.20 Å². The fraction of sp³-hybridized carbons (Fsp3) is 0.227. The van der Waals surface area contributed by atoms with Crippen LogP contribution in [0.15, 0.2) is 48.7 Å². The van der Waals surface area contributed by atoms with Crippen molar-refractivity contribution in [1.82, 2.24) is 20.3 Å². The number of aryl methyl sites for hydroxylation is 1. The minimum atomic E-state index is 0.0945. The summed E-state index contributed by atoms with van der Waals surface area (Å²) in [6.45, 7) is 3.13. The highest BCUT2D eigenvalue weighted by atomic mass is 16.5. The van der Waals surface area contributed by atoms with Crippen LogP contribution in [-0.4, -0.2) is 34.0 Å². The number of carbonyl (C=O) groups is 1. The van der Waals surface area contributed by atoms with Crippen LogP contribution in [0.25, 0.3) is 33.1 Å². The Morgan fingerprint density at radius 2 is 2.07 bits per heavy atom. The molecule has 6 heteroatoms. The number of amides is 1. The number of H-pyrrole nitrogens is 1. The molecule has 6 nitrogen and oxygen atoms in total. The largest absolute Gasteiger partial charge is 0.492 e. The molecule has 1 unspecified atom stereocenters. The molecule has 1 aliphatic heterocycles. The molecule has 0 bridgehead atoms. The zero-order chi connectivity index (χ0) is 19.1. The first-order valence-corrected chi connectivity index (χ1v) is 9.41. The molecule has 4 aromatic rings. The summed E-state index contributed by atoms with van der Waals surface area (Å²) in [7, 11) is 0. The van der Waals surface area contributed by atoms with Crippen LogP contribution in [0.5, 0.6) is 5.75 Å². The first kappa shape index (κ1) is 16.7. The third-order valence-corrected chi connectivity index (χ3v) is 5.15. The second-order valence-electron chi connectivity index (χ2n) is 7.28. The smallest absolute Gasteiger partial charge is 0.220 e. The van der Waals surface area contributed by atoms with Gasteiger partial charge in [-0.2, -0.15) is 0 Å². The van der Waals surface area contributed by atoms with Gasteiger partial charge in [-0.05, 0) is 54.4 Å². The van der Waals surface area contributed by atoms with Crippen LogP contribution in [0.3, 0.4) is 0 Å². The summed E-state index contributed by atoms with van der Waals surface area (Å²) in [5.41, 5.74) is 4.96. The summed E-state index contributed by atoms with van der Waals surface area (Å²) in [5.74, 6) is 1.99. The van der Waals surface area contributed by atoms with Crippen LogP contribution < -0.4 is 10.1 Å². The lowest BCUT2D eigenvalue weighted by molar-refractivity contribution is -0.119. The molecular weight excluding hydrogens is 352 g/mol. The van der Waals surface area contributed by atoms with E-state index < -0.39 is 0 Å². The third-order valence-electron chi connectivity index (χ3n) is 5.15. The number of imidazole rings is 1. The highest BCUT2D eigenvalue weighted by Gasteiger charge is 2.22. The van der Waals surface area contributed by atoms with Gasteiger partial charge in [0.2, 0.25) is 5.91 Å². The van der Waals surface area contributed by atoms with Gasteiger partial charge in [0.15, 0.2) is 0 Å². The Morgan fingerprint density at radius 3 is 2.93 bits per heavy atom. The zero-order valence-electron chi connectivity index (χ0n) is 15.5. The molecule has 0 spiro atoms. The normalized spacial score (nSPS) is 16.6. The van der Waals surface area contributed by atoms with Gasteiger partial charge in [-0.1, -0.05) is 6.07 Å². The van der Waals surface area contributed by atoms with Gasteiger partial charge < -0.3 is 15.0 Å². The number of aromatic amines is 1. The molecular formula is C22H20N4O2. The third kappa shape index (κ3) is 3.07. The number of rotatable bonds is 4. The minimum absolute atomic E-state index is 0.0945. The Bertz CT molecular complexity index is 1200. The molecule has 0 aliphatic carbocycles. The van der Waals surface area contributed by atoms with Crippen molar-refractivity contribution in [2.75, 3.05) is 13.2 Å². The molecule has 0 radical (unpaired) electrons. The Labute approximate surface area is 162 Å². The molecule has 1 aliphatic rings. The molecule has 1 amide bonds. The highest BCUT2D eigenvalue weighted by molar-refractivity contribution is 5.91. The summed E-state index contributed by atoms with van der Waals surface area (Å²) in [5, 5.41) is 3.83. The Morgan fingerprint density at radius 1 is 1.14 bits per heavy atom. The van der Waals surface area contributed by atoms with Gasteiger partial charge in [0.05, 0.1) is 23.2 Å². The Balaban J connectivity index is 1.54. The lowest BCUT2D eigenvalue weighted by atomic mass is 10.0. The summed E-state index contributed by atoms with van der Waals surface area (Å²) in [6.07, 6.45) is 2.31. The van der Waals surface area contributed by atoms with Crippen molar-refractivity contribution >= 4 is 27.8 Å². The minimum Gasteiger partial charge on any atom is -0.492 e. The van der Waals surface area contributed by atoms with Crippen molar-refractivity contribution in [3.63, 3.8) is 0 Å². The molecule has 5 rings (SSSR count). The number of pyridine rings is 1. The van der Waals surface area contributed by atoms with Crippen LogP contribution >= 0.6 is 0 Å². The predicted octanol–water partition coefficient (Wildman–Crippen LogP) is 3.60. The van der Waals surface area contributed by atoms with Gasteiger partial charge >= 0.3 is 0 Å². The molecule has 3 heterocycles. The Kier molecular flexibility index (Phi) is 3.97. The number of aromatic nitrogens is 3. The van der Waals surface area contributed by atoms with Crippen molar-refractivity contribution in [1.29, 1.82) is 0 Å². The predicted molar refractivity (Wildman–Crippen MR) is 108 cm³/mol. The summed E-state index contributed by atoms with van der Waals surface area (Å²) < 4.78 is 6.15. The molecule has 28 heavy (non-hydrogen) atoms. The number of carbonyl (C=O) groups excluding carboxylic acids is 1. The first-order chi connectivity index (χ1) is 13.7. The summed E-state index contributed by atoms with van der Waals surface area (Å²) in [4.78, 5) is 23.7. The van der Waals surface area contributed by atoms with Gasteiger partial charge in [-0.15, -0.1) is 0 Å². The van der Waals surface area contributed by atoms with E-state index in [0.29, 0.717) is 19.6 Å². The fourth-order valence-electron chi connectivity index (χ4n) is 3.74. The number of hydrogen-bond donors (Lipinski definition) is 2. The Hall–Kier alpha value is -3.41. The maximum absolute atomic E-state index is 11.4. The van der Waals surface area contributed by atoms with Crippen LogP contribution in [0.1, 0.15) is 12.2 Å². The SMILES string of the molecule is Cc1nc2ccc(-c3cc(OCC4CNC(=O)C4)c4cccnc4c3)cc2[nH]1. The van der Waals surface area contributed by atoms with Gasteiger partial charge in [-0.25, -0.2) is 4.98 Å². The number of fused-ring (bicyclic) bond motifs is 2. The van der Waals surface area contributed by atoms with E-state index in [2.05, 4.69) is 44.5 Å². The van der Waals surface area contributed by atoms with Crippen LogP contribution in [0.4, 0.5) is 0 Å². The maximum Gasteiger partial charge on any atom is 0.220 e. The average Bonchev–Trinajstić information content (AvgIpc) is 3.29.